The highest BCUT2D eigenvalue weighted by molar-refractivity contribution is 9.09. The second kappa shape index (κ2) is 4.53. The van der Waals surface area contributed by atoms with Crippen LogP contribution in [0, 0.1) is 0 Å². The second-order valence-corrected chi connectivity index (χ2v) is 3.37. The Morgan fingerprint density at radius 3 is 2.44 bits per heavy atom. The second-order valence-electron chi connectivity index (χ2n) is 2.43. The third-order valence-corrected chi connectivity index (χ3v) is 2.40. The van der Waals surface area contributed by atoms with Crippen LogP contribution in [-0.4, -0.2) is 23.4 Å². The summed E-state index contributed by atoms with van der Waals surface area (Å²) in [7, 11) is 0. The van der Waals surface area contributed by atoms with E-state index in [9.17, 15) is 0 Å². The maximum absolute atomic E-state index is 5.42. The average molecular weight is 216 g/mol. The lowest BCUT2D eigenvalue weighted by Crippen LogP contribution is -2.26. The summed E-state index contributed by atoms with van der Waals surface area (Å²) >= 11 is 8.76. The predicted octanol–water partition coefficient (Wildman–Crippen LogP) is 2.42. The molecule has 0 unspecified atom stereocenters. The molecule has 0 aliphatic rings. The van der Waals surface area contributed by atoms with Gasteiger partial charge in [0.1, 0.15) is 0 Å². The van der Waals surface area contributed by atoms with E-state index in [-0.39, 0.29) is 5.60 Å². The van der Waals surface area contributed by atoms with Gasteiger partial charge in [0.05, 0.1) is 12.2 Å². The van der Waals surface area contributed by atoms with Gasteiger partial charge < -0.3 is 4.74 Å². The third-order valence-electron chi connectivity index (χ3n) is 0.892. The van der Waals surface area contributed by atoms with Gasteiger partial charge in [-0.2, -0.15) is 0 Å². The van der Waals surface area contributed by atoms with E-state index in [1.807, 2.05) is 13.8 Å². The maximum Gasteiger partial charge on any atom is 0.0723 e. The van der Waals surface area contributed by atoms with Crippen LogP contribution in [0.15, 0.2) is 0 Å². The van der Waals surface area contributed by atoms with E-state index in [0.29, 0.717) is 12.5 Å². The van der Waals surface area contributed by atoms with Crippen molar-refractivity contribution in [2.45, 2.75) is 19.4 Å². The first-order valence-electron chi connectivity index (χ1n) is 2.88. The van der Waals surface area contributed by atoms with Gasteiger partial charge in [0.25, 0.3) is 0 Å². The van der Waals surface area contributed by atoms with Crippen molar-refractivity contribution in [3.8, 4) is 0 Å². The molecule has 0 amide bonds. The molecular weight excluding hydrogens is 203 g/mol. The molecule has 0 fully saturated rings. The van der Waals surface area contributed by atoms with Crippen LogP contribution in [0.5, 0.6) is 0 Å². The van der Waals surface area contributed by atoms with Gasteiger partial charge in [-0.3, -0.25) is 0 Å². The van der Waals surface area contributed by atoms with Gasteiger partial charge in [-0.15, -0.1) is 11.6 Å². The Morgan fingerprint density at radius 2 is 2.11 bits per heavy atom. The van der Waals surface area contributed by atoms with Crippen LogP contribution in [0.3, 0.4) is 0 Å². The zero-order valence-electron chi connectivity index (χ0n) is 5.79. The highest BCUT2D eigenvalue weighted by atomic mass is 79.9. The molecule has 0 aliphatic carbocycles. The van der Waals surface area contributed by atoms with Crippen molar-refractivity contribution >= 4 is 27.5 Å². The molecule has 0 aromatic heterocycles. The molecule has 1 nitrogen and oxygen atoms in total. The molecule has 0 aliphatic heterocycles. The molecule has 0 aromatic rings. The number of hydrogen-bond acceptors (Lipinski definition) is 1. The summed E-state index contributed by atoms with van der Waals surface area (Å²) in [4.78, 5) is 0. The molecule has 0 N–H and O–H groups in total. The largest absolute Gasteiger partial charge is 0.373 e. The minimum Gasteiger partial charge on any atom is -0.373 e. The van der Waals surface area contributed by atoms with Crippen molar-refractivity contribution in [1.82, 2.24) is 0 Å². The summed E-state index contributed by atoms with van der Waals surface area (Å²) in [5.74, 6) is 0.566. The fourth-order valence-electron chi connectivity index (χ4n) is 0.353. The van der Waals surface area contributed by atoms with Gasteiger partial charge >= 0.3 is 0 Å². The van der Waals surface area contributed by atoms with E-state index in [1.165, 1.54) is 0 Å². The molecular formula is C6H12BrClO. The fourth-order valence-corrected chi connectivity index (χ4v) is 0.592. The Balaban J connectivity index is 3.33. The van der Waals surface area contributed by atoms with Gasteiger partial charge in [-0.1, -0.05) is 15.9 Å². The molecule has 9 heavy (non-hydrogen) atoms. The third kappa shape index (κ3) is 5.19. The number of halogens is 2. The first-order valence-corrected chi connectivity index (χ1v) is 4.54. The minimum absolute atomic E-state index is 0.0745. The van der Waals surface area contributed by atoms with Gasteiger partial charge in [0, 0.05) is 11.2 Å². The van der Waals surface area contributed by atoms with Crippen LogP contribution < -0.4 is 0 Å². The van der Waals surface area contributed by atoms with Crippen LogP contribution in [0.2, 0.25) is 0 Å². The first-order chi connectivity index (χ1) is 4.12. The minimum atomic E-state index is -0.0745. The Labute approximate surface area is 69.8 Å². The van der Waals surface area contributed by atoms with E-state index in [4.69, 9.17) is 16.3 Å². The van der Waals surface area contributed by atoms with E-state index >= 15 is 0 Å². The summed E-state index contributed by atoms with van der Waals surface area (Å²) in [6.07, 6.45) is 0. The lowest BCUT2D eigenvalue weighted by atomic mass is 10.2. The monoisotopic (exact) mass is 214 g/mol. The SMILES string of the molecule is CC(C)(CBr)OCCCl. The summed E-state index contributed by atoms with van der Waals surface area (Å²) in [5, 5.41) is 0.844. The molecule has 0 rings (SSSR count). The van der Waals surface area contributed by atoms with E-state index in [2.05, 4.69) is 15.9 Å². The Bertz CT molecular complexity index is 75.5. The molecule has 0 heterocycles. The smallest absolute Gasteiger partial charge is 0.0723 e. The van der Waals surface area contributed by atoms with Crippen molar-refractivity contribution in [3.05, 3.63) is 0 Å². The van der Waals surface area contributed by atoms with Crippen LogP contribution >= 0.6 is 27.5 Å². The van der Waals surface area contributed by atoms with Gasteiger partial charge in [0.15, 0.2) is 0 Å². The number of rotatable bonds is 4. The molecule has 0 saturated heterocycles. The zero-order chi connectivity index (χ0) is 7.33. The Morgan fingerprint density at radius 1 is 1.56 bits per heavy atom. The normalized spacial score (nSPS) is 12.0. The van der Waals surface area contributed by atoms with Gasteiger partial charge in [0.2, 0.25) is 0 Å². The van der Waals surface area contributed by atoms with Crippen molar-refractivity contribution in [2.24, 2.45) is 0 Å². The molecule has 3 heteroatoms. The van der Waals surface area contributed by atoms with Crippen LogP contribution in [0.1, 0.15) is 13.8 Å². The molecule has 0 aromatic carbocycles. The summed E-state index contributed by atoms with van der Waals surface area (Å²) in [6, 6.07) is 0. The standard InChI is InChI=1S/C6H12BrClO/c1-6(2,5-7)9-4-3-8/h3-5H2,1-2H3. The van der Waals surface area contributed by atoms with E-state index in [1.54, 1.807) is 0 Å². The van der Waals surface area contributed by atoms with E-state index < -0.39 is 0 Å². The zero-order valence-corrected chi connectivity index (χ0v) is 8.13. The fraction of sp³-hybridized carbons (Fsp3) is 1.00. The molecule has 0 saturated carbocycles. The molecule has 0 spiro atoms. The van der Waals surface area contributed by atoms with Crippen molar-refractivity contribution in [1.29, 1.82) is 0 Å². The Kier molecular flexibility index (Phi) is 4.90. The predicted molar refractivity (Wildman–Crippen MR) is 44.5 cm³/mol. The highest BCUT2D eigenvalue weighted by Crippen LogP contribution is 2.11. The summed E-state index contributed by atoms with van der Waals surface area (Å²) < 4.78 is 5.35. The van der Waals surface area contributed by atoms with Crippen LogP contribution in [0.25, 0.3) is 0 Å². The highest BCUT2D eigenvalue weighted by Gasteiger charge is 2.14. The molecule has 0 atom stereocenters. The van der Waals surface area contributed by atoms with Crippen molar-refractivity contribution in [2.75, 3.05) is 17.8 Å². The molecule has 56 valence electrons. The summed E-state index contributed by atoms with van der Waals surface area (Å²) in [6.45, 7) is 4.67. The first kappa shape index (κ1) is 9.73. The molecule has 0 bridgehead atoms. The number of alkyl halides is 2. The van der Waals surface area contributed by atoms with Crippen LogP contribution in [0.4, 0.5) is 0 Å². The van der Waals surface area contributed by atoms with Crippen LogP contribution in [-0.2, 0) is 4.74 Å². The van der Waals surface area contributed by atoms with E-state index in [0.717, 1.165) is 5.33 Å². The van der Waals surface area contributed by atoms with Crippen molar-refractivity contribution < 1.29 is 4.74 Å². The van der Waals surface area contributed by atoms with Crippen molar-refractivity contribution in [3.63, 3.8) is 0 Å². The lowest BCUT2D eigenvalue weighted by Gasteiger charge is -2.21. The summed E-state index contributed by atoms with van der Waals surface area (Å²) in [5.41, 5.74) is -0.0745. The quantitative estimate of drug-likeness (QED) is 0.655. The number of ether oxygens (including phenoxy) is 1. The maximum atomic E-state index is 5.42. The number of hydrogen-bond donors (Lipinski definition) is 0. The topological polar surface area (TPSA) is 9.23 Å². The molecule has 0 radical (unpaired) electrons. The van der Waals surface area contributed by atoms with Gasteiger partial charge in [-0.25, -0.2) is 0 Å². The average Bonchev–Trinajstić information content (AvgIpc) is 1.84. The Hall–Kier alpha value is 0.730. The van der Waals surface area contributed by atoms with Gasteiger partial charge in [-0.05, 0) is 13.8 Å². The lowest BCUT2D eigenvalue weighted by molar-refractivity contribution is 0.0113.